The van der Waals surface area contributed by atoms with Gasteiger partial charge in [-0.1, -0.05) is 36.4 Å². The van der Waals surface area contributed by atoms with Crippen LogP contribution in [0.2, 0.25) is 0 Å². The lowest BCUT2D eigenvalue weighted by Crippen LogP contribution is -2.26. The minimum absolute atomic E-state index is 0.168. The third-order valence-electron chi connectivity index (χ3n) is 3.26. The number of benzene rings is 1. The average molecular weight is 394 g/mol. The van der Waals surface area contributed by atoms with E-state index in [0.29, 0.717) is 13.0 Å². The normalized spacial score (nSPS) is 11.2. The zero-order chi connectivity index (χ0) is 17.7. The second-order valence-corrected chi connectivity index (χ2v) is 8.78. The van der Waals surface area contributed by atoms with Crippen LogP contribution in [0, 0.1) is 0 Å². The summed E-state index contributed by atoms with van der Waals surface area (Å²) >= 11 is 2.19. The standard InChI is InChI=1S/C16H15N3O3S3/c20-15(17-9-8-12-5-2-1-3-6-12)13-11-24-16(18-13)19-25(21,22)14-7-4-10-23-14/h1-7,10-11H,8-9H2,(H,17,20)(H,18,19). The molecule has 130 valence electrons. The molecule has 0 aliphatic heterocycles. The molecule has 0 saturated heterocycles. The Morgan fingerprint density at radius 3 is 2.60 bits per heavy atom. The molecule has 2 aromatic heterocycles. The summed E-state index contributed by atoms with van der Waals surface area (Å²) < 4.78 is 26.9. The van der Waals surface area contributed by atoms with E-state index in [1.807, 2.05) is 30.3 Å². The molecule has 0 radical (unpaired) electrons. The fourth-order valence-corrected chi connectivity index (χ4v) is 5.00. The highest BCUT2D eigenvalue weighted by Gasteiger charge is 2.18. The Morgan fingerprint density at radius 2 is 1.88 bits per heavy atom. The second kappa shape index (κ2) is 7.77. The fourth-order valence-electron chi connectivity index (χ4n) is 2.06. The number of nitrogens with zero attached hydrogens (tertiary/aromatic N) is 1. The van der Waals surface area contributed by atoms with E-state index in [1.165, 1.54) is 11.4 Å². The molecule has 0 atom stereocenters. The van der Waals surface area contributed by atoms with E-state index in [9.17, 15) is 13.2 Å². The molecule has 3 aromatic rings. The molecule has 2 N–H and O–H groups in total. The van der Waals surface area contributed by atoms with Crippen LogP contribution in [0.5, 0.6) is 0 Å². The number of thiophene rings is 1. The van der Waals surface area contributed by atoms with Crippen LogP contribution in [-0.2, 0) is 16.4 Å². The molecule has 0 aliphatic carbocycles. The predicted octanol–water partition coefficient (Wildman–Crippen LogP) is 2.98. The van der Waals surface area contributed by atoms with E-state index >= 15 is 0 Å². The number of rotatable bonds is 7. The van der Waals surface area contributed by atoms with Crippen LogP contribution >= 0.6 is 22.7 Å². The monoisotopic (exact) mass is 393 g/mol. The first kappa shape index (κ1) is 17.6. The van der Waals surface area contributed by atoms with Crippen LogP contribution in [0.4, 0.5) is 5.13 Å². The van der Waals surface area contributed by atoms with Crippen LogP contribution in [0.3, 0.4) is 0 Å². The summed E-state index contributed by atoms with van der Waals surface area (Å²) in [5, 5.41) is 6.16. The zero-order valence-electron chi connectivity index (χ0n) is 13.0. The van der Waals surface area contributed by atoms with Gasteiger partial charge in [-0.15, -0.1) is 22.7 Å². The number of carbonyl (C=O) groups excluding carboxylic acids is 1. The quantitative estimate of drug-likeness (QED) is 0.646. The van der Waals surface area contributed by atoms with Crippen molar-refractivity contribution in [1.29, 1.82) is 0 Å². The summed E-state index contributed by atoms with van der Waals surface area (Å²) in [6.07, 6.45) is 0.717. The first-order chi connectivity index (χ1) is 12.0. The third kappa shape index (κ3) is 4.65. The Hall–Kier alpha value is -2.23. The lowest BCUT2D eigenvalue weighted by Gasteiger charge is -2.03. The first-order valence-corrected chi connectivity index (χ1v) is 10.6. The maximum Gasteiger partial charge on any atom is 0.273 e. The Balaban J connectivity index is 1.56. The molecule has 0 aliphatic rings. The molecule has 2 heterocycles. The van der Waals surface area contributed by atoms with Gasteiger partial charge in [-0.05, 0) is 23.4 Å². The molecule has 0 spiro atoms. The molecule has 1 amide bonds. The van der Waals surface area contributed by atoms with Gasteiger partial charge in [0, 0.05) is 11.9 Å². The number of nitrogens with one attached hydrogen (secondary N) is 2. The number of anilines is 1. The number of aromatic nitrogens is 1. The van der Waals surface area contributed by atoms with E-state index in [2.05, 4.69) is 15.0 Å². The molecular formula is C16H15N3O3S3. The Kier molecular flexibility index (Phi) is 5.47. The van der Waals surface area contributed by atoms with Gasteiger partial charge in [-0.25, -0.2) is 13.4 Å². The molecule has 9 heteroatoms. The van der Waals surface area contributed by atoms with Crippen LogP contribution in [0.15, 0.2) is 57.4 Å². The Labute approximate surface area is 153 Å². The van der Waals surface area contributed by atoms with Gasteiger partial charge in [0.2, 0.25) is 0 Å². The highest BCUT2D eigenvalue weighted by molar-refractivity contribution is 7.94. The summed E-state index contributed by atoms with van der Waals surface area (Å²) in [5.41, 5.74) is 1.33. The predicted molar refractivity (Wildman–Crippen MR) is 99.7 cm³/mol. The van der Waals surface area contributed by atoms with Gasteiger partial charge in [-0.3, -0.25) is 9.52 Å². The van der Waals surface area contributed by atoms with Crippen molar-refractivity contribution in [3.63, 3.8) is 0 Å². The molecule has 0 bridgehead atoms. The minimum atomic E-state index is -3.65. The summed E-state index contributed by atoms with van der Waals surface area (Å²) in [5.74, 6) is -0.325. The van der Waals surface area contributed by atoms with E-state index in [-0.39, 0.29) is 20.9 Å². The molecular weight excluding hydrogens is 378 g/mol. The highest BCUT2D eigenvalue weighted by Crippen LogP contribution is 2.22. The molecule has 25 heavy (non-hydrogen) atoms. The van der Waals surface area contributed by atoms with Crippen LogP contribution < -0.4 is 10.0 Å². The molecule has 6 nitrogen and oxygen atoms in total. The SMILES string of the molecule is O=C(NCCc1ccccc1)c1csc(NS(=O)(=O)c2cccs2)n1. The lowest BCUT2D eigenvalue weighted by atomic mass is 10.1. The topological polar surface area (TPSA) is 88.2 Å². The van der Waals surface area contributed by atoms with Gasteiger partial charge in [-0.2, -0.15) is 0 Å². The van der Waals surface area contributed by atoms with Crippen molar-refractivity contribution in [3.05, 3.63) is 64.5 Å². The van der Waals surface area contributed by atoms with Crippen molar-refractivity contribution < 1.29 is 13.2 Å². The largest absolute Gasteiger partial charge is 0.350 e. The summed E-state index contributed by atoms with van der Waals surface area (Å²) in [6.45, 7) is 0.483. The van der Waals surface area contributed by atoms with Gasteiger partial charge in [0.1, 0.15) is 9.90 Å². The van der Waals surface area contributed by atoms with Gasteiger partial charge in [0.05, 0.1) is 0 Å². The second-order valence-electron chi connectivity index (χ2n) is 5.07. The van der Waals surface area contributed by atoms with Crippen LogP contribution in [0.1, 0.15) is 16.1 Å². The van der Waals surface area contributed by atoms with Crippen LogP contribution in [0.25, 0.3) is 0 Å². The van der Waals surface area contributed by atoms with Crippen molar-refractivity contribution in [2.24, 2.45) is 0 Å². The lowest BCUT2D eigenvalue weighted by molar-refractivity contribution is 0.0950. The number of amides is 1. The Bertz CT molecular complexity index is 935. The molecule has 0 saturated carbocycles. The van der Waals surface area contributed by atoms with Crippen molar-refractivity contribution in [1.82, 2.24) is 10.3 Å². The summed E-state index contributed by atoms with van der Waals surface area (Å²) in [7, 11) is -3.65. The number of sulfonamides is 1. The van der Waals surface area contributed by atoms with Gasteiger partial charge in [0.25, 0.3) is 15.9 Å². The van der Waals surface area contributed by atoms with E-state index < -0.39 is 10.0 Å². The minimum Gasteiger partial charge on any atom is -0.350 e. The molecule has 0 fully saturated rings. The molecule has 1 aromatic carbocycles. The zero-order valence-corrected chi connectivity index (χ0v) is 15.5. The smallest absolute Gasteiger partial charge is 0.273 e. The average Bonchev–Trinajstić information content (AvgIpc) is 3.27. The van der Waals surface area contributed by atoms with Crippen LogP contribution in [-0.4, -0.2) is 25.9 Å². The maximum absolute atomic E-state index is 12.1. The molecule has 3 rings (SSSR count). The number of hydrogen-bond donors (Lipinski definition) is 2. The molecule has 0 unspecified atom stereocenters. The first-order valence-electron chi connectivity index (χ1n) is 7.38. The number of hydrogen-bond acceptors (Lipinski definition) is 6. The van der Waals surface area contributed by atoms with Gasteiger partial charge in [0.15, 0.2) is 5.13 Å². The van der Waals surface area contributed by atoms with Crippen molar-refractivity contribution in [3.8, 4) is 0 Å². The van der Waals surface area contributed by atoms with Crippen molar-refractivity contribution in [2.45, 2.75) is 10.6 Å². The maximum atomic E-state index is 12.1. The summed E-state index contributed by atoms with van der Waals surface area (Å²) in [4.78, 5) is 16.2. The highest BCUT2D eigenvalue weighted by atomic mass is 32.2. The van der Waals surface area contributed by atoms with E-state index in [0.717, 1.165) is 28.2 Å². The van der Waals surface area contributed by atoms with Crippen molar-refractivity contribution >= 4 is 43.7 Å². The van der Waals surface area contributed by atoms with Gasteiger partial charge < -0.3 is 5.32 Å². The fraction of sp³-hybridized carbons (Fsp3) is 0.125. The summed E-state index contributed by atoms with van der Waals surface area (Å²) in [6, 6.07) is 13.0. The van der Waals surface area contributed by atoms with Gasteiger partial charge >= 0.3 is 0 Å². The van der Waals surface area contributed by atoms with E-state index in [1.54, 1.807) is 11.4 Å². The Morgan fingerprint density at radius 1 is 1.08 bits per heavy atom. The van der Waals surface area contributed by atoms with E-state index in [4.69, 9.17) is 0 Å². The van der Waals surface area contributed by atoms with Crippen molar-refractivity contribution in [2.75, 3.05) is 11.3 Å². The number of carbonyl (C=O) groups is 1. The number of thiazole rings is 1. The third-order valence-corrected chi connectivity index (χ3v) is 6.88.